The molecule has 0 aliphatic rings. The highest BCUT2D eigenvalue weighted by Crippen LogP contribution is 2.20. The van der Waals surface area contributed by atoms with E-state index in [1.807, 2.05) is 13.8 Å². The minimum absolute atomic E-state index is 0.0118. The molecule has 0 saturated carbocycles. The van der Waals surface area contributed by atoms with Crippen molar-refractivity contribution in [2.75, 3.05) is 18.8 Å². The third kappa shape index (κ3) is 5.03. The van der Waals surface area contributed by atoms with Gasteiger partial charge in [-0.15, -0.1) is 10.2 Å². The first-order valence-corrected chi connectivity index (χ1v) is 11.1. The largest absolute Gasteiger partial charge is 0.314 e. The second-order valence-corrected chi connectivity index (χ2v) is 10.0. The molecule has 150 valence electrons. The van der Waals surface area contributed by atoms with Crippen molar-refractivity contribution in [3.8, 4) is 0 Å². The van der Waals surface area contributed by atoms with Gasteiger partial charge < -0.3 is 4.57 Å². The predicted octanol–water partition coefficient (Wildman–Crippen LogP) is 1.12. The number of rotatable bonds is 8. The molecule has 1 heterocycles. The van der Waals surface area contributed by atoms with Gasteiger partial charge in [0.25, 0.3) is 0 Å². The van der Waals surface area contributed by atoms with Gasteiger partial charge in [0.05, 0.1) is 10.9 Å². The van der Waals surface area contributed by atoms with Gasteiger partial charge in [-0.2, -0.15) is 12.7 Å². The molecule has 12 heteroatoms. The number of anilines is 1. The lowest BCUT2D eigenvalue weighted by Crippen LogP contribution is -2.29. The lowest BCUT2D eigenvalue weighted by molar-refractivity contribution is 0.514. The van der Waals surface area contributed by atoms with E-state index in [4.69, 9.17) is 0 Å². The van der Waals surface area contributed by atoms with Crippen molar-refractivity contribution in [3.05, 3.63) is 36.4 Å². The molecule has 0 aliphatic carbocycles. The van der Waals surface area contributed by atoms with Crippen LogP contribution >= 0.6 is 0 Å². The third-order valence-electron chi connectivity index (χ3n) is 3.77. The van der Waals surface area contributed by atoms with Crippen molar-refractivity contribution in [1.29, 1.82) is 0 Å². The van der Waals surface area contributed by atoms with Crippen LogP contribution in [0.2, 0.25) is 0 Å². The first-order valence-electron chi connectivity index (χ1n) is 8.16. The van der Waals surface area contributed by atoms with Crippen molar-refractivity contribution in [2.24, 2.45) is 0 Å². The van der Waals surface area contributed by atoms with Gasteiger partial charge in [-0.05, 0) is 45.0 Å². The maximum Gasteiger partial charge on any atom is 0.301 e. The minimum atomic E-state index is -3.82. The Morgan fingerprint density at radius 1 is 1.04 bits per heavy atom. The number of nitrogens with zero attached hydrogens (tertiary/aromatic N) is 4. The summed E-state index contributed by atoms with van der Waals surface area (Å²) in [5.74, 6) is 0.504. The molecule has 0 spiro atoms. The molecule has 2 rings (SSSR count). The Kier molecular flexibility index (Phi) is 6.24. The summed E-state index contributed by atoms with van der Waals surface area (Å²) >= 11 is 0. The predicted molar refractivity (Wildman–Crippen MR) is 102 cm³/mol. The van der Waals surface area contributed by atoms with Gasteiger partial charge in [-0.25, -0.2) is 13.1 Å². The van der Waals surface area contributed by atoms with Crippen molar-refractivity contribution in [1.82, 2.24) is 23.8 Å². The van der Waals surface area contributed by atoms with Crippen LogP contribution < -0.4 is 9.44 Å². The monoisotopic (exact) mass is 416 g/mol. The standard InChI is InChI=1S/C15H24N6O4S2/c1-11(2)21-10-16-17-15(21)12(3)18-26(22,23)14-8-6-13(7-9-14)19-27(24,25)20(4)5/h6-12,18-19H,1-5H3. The molecule has 1 aromatic carbocycles. The molecule has 0 amide bonds. The van der Waals surface area contributed by atoms with Crippen molar-refractivity contribution in [3.63, 3.8) is 0 Å². The molecule has 0 aliphatic heterocycles. The molecule has 0 saturated heterocycles. The van der Waals surface area contributed by atoms with E-state index in [1.54, 1.807) is 17.8 Å². The lowest BCUT2D eigenvalue weighted by atomic mass is 10.3. The highest BCUT2D eigenvalue weighted by atomic mass is 32.2. The second kappa shape index (κ2) is 7.92. The van der Waals surface area contributed by atoms with Crippen LogP contribution in [0.1, 0.15) is 38.7 Å². The van der Waals surface area contributed by atoms with Crippen LogP contribution in [0.25, 0.3) is 0 Å². The highest BCUT2D eigenvalue weighted by molar-refractivity contribution is 7.90. The van der Waals surface area contributed by atoms with Crippen LogP contribution in [0.5, 0.6) is 0 Å². The molecular weight excluding hydrogens is 392 g/mol. The van der Waals surface area contributed by atoms with Gasteiger partial charge in [-0.1, -0.05) is 0 Å². The second-order valence-electron chi connectivity index (χ2n) is 6.45. The molecule has 0 fully saturated rings. The molecular formula is C15H24N6O4S2. The average Bonchev–Trinajstić information content (AvgIpc) is 3.04. The minimum Gasteiger partial charge on any atom is -0.314 e. The summed E-state index contributed by atoms with van der Waals surface area (Å²) in [6.07, 6.45) is 1.55. The van der Waals surface area contributed by atoms with Gasteiger partial charge in [0.2, 0.25) is 10.0 Å². The number of aromatic nitrogens is 3. The van der Waals surface area contributed by atoms with E-state index in [2.05, 4.69) is 19.6 Å². The van der Waals surface area contributed by atoms with Crippen LogP contribution in [0.3, 0.4) is 0 Å². The molecule has 0 bridgehead atoms. The van der Waals surface area contributed by atoms with Crippen molar-refractivity contribution in [2.45, 2.75) is 37.8 Å². The maximum absolute atomic E-state index is 12.6. The van der Waals surface area contributed by atoms with E-state index < -0.39 is 26.3 Å². The summed E-state index contributed by atoms with van der Waals surface area (Å²) in [5.41, 5.74) is 0.259. The molecule has 0 radical (unpaired) electrons. The molecule has 2 N–H and O–H groups in total. The zero-order chi connectivity index (χ0) is 20.4. The fourth-order valence-corrected chi connectivity index (χ4v) is 4.07. The molecule has 2 aromatic rings. The molecule has 10 nitrogen and oxygen atoms in total. The topological polar surface area (TPSA) is 126 Å². The van der Waals surface area contributed by atoms with Crippen molar-refractivity contribution < 1.29 is 16.8 Å². The quantitative estimate of drug-likeness (QED) is 0.664. The fourth-order valence-electron chi connectivity index (χ4n) is 2.26. The summed E-state index contributed by atoms with van der Waals surface area (Å²) in [4.78, 5) is 0.0118. The van der Waals surface area contributed by atoms with Crippen LogP contribution in [-0.2, 0) is 20.2 Å². The van der Waals surface area contributed by atoms with Crippen LogP contribution in [-0.4, -0.2) is 50.0 Å². The Morgan fingerprint density at radius 3 is 2.15 bits per heavy atom. The third-order valence-corrected chi connectivity index (χ3v) is 6.78. The lowest BCUT2D eigenvalue weighted by Gasteiger charge is -2.17. The van der Waals surface area contributed by atoms with Gasteiger partial charge in [0.15, 0.2) is 5.82 Å². The van der Waals surface area contributed by atoms with E-state index in [-0.39, 0.29) is 16.6 Å². The molecule has 1 aromatic heterocycles. The Balaban J connectivity index is 2.18. The first kappa shape index (κ1) is 21.3. The van der Waals surface area contributed by atoms with E-state index in [0.29, 0.717) is 5.82 Å². The number of hydrogen-bond donors (Lipinski definition) is 2. The Morgan fingerprint density at radius 2 is 1.63 bits per heavy atom. The maximum atomic E-state index is 12.6. The Hall–Kier alpha value is -2.02. The van der Waals surface area contributed by atoms with Crippen molar-refractivity contribution >= 4 is 25.9 Å². The first-order chi connectivity index (χ1) is 12.4. The smallest absolute Gasteiger partial charge is 0.301 e. The molecule has 27 heavy (non-hydrogen) atoms. The van der Waals surface area contributed by atoms with E-state index in [1.165, 1.54) is 38.4 Å². The Labute approximate surface area is 159 Å². The molecule has 1 atom stereocenters. The zero-order valence-electron chi connectivity index (χ0n) is 15.8. The molecule has 1 unspecified atom stereocenters. The van der Waals surface area contributed by atoms with E-state index in [0.717, 1.165) is 4.31 Å². The number of benzene rings is 1. The zero-order valence-corrected chi connectivity index (χ0v) is 17.4. The van der Waals surface area contributed by atoms with Crippen LogP contribution in [0.15, 0.2) is 35.5 Å². The summed E-state index contributed by atoms with van der Waals surface area (Å²) < 4.78 is 56.5. The van der Waals surface area contributed by atoms with Crippen LogP contribution in [0.4, 0.5) is 5.69 Å². The Bertz CT molecular complexity index is 982. The van der Waals surface area contributed by atoms with Gasteiger partial charge in [0.1, 0.15) is 6.33 Å². The normalized spacial score (nSPS) is 13.9. The summed E-state index contributed by atoms with van der Waals surface area (Å²) in [7, 11) is -4.70. The number of sulfonamides is 1. The van der Waals surface area contributed by atoms with E-state index in [9.17, 15) is 16.8 Å². The van der Waals surface area contributed by atoms with Crippen LogP contribution in [0, 0.1) is 0 Å². The van der Waals surface area contributed by atoms with Gasteiger partial charge >= 0.3 is 10.2 Å². The highest BCUT2D eigenvalue weighted by Gasteiger charge is 2.23. The number of hydrogen-bond acceptors (Lipinski definition) is 6. The summed E-state index contributed by atoms with van der Waals surface area (Å²) in [5, 5.41) is 7.83. The summed E-state index contributed by atoms with van der Waals surface area (Å²) in [6.45, 7) is 5.57. The van der Waals surface area contributed by atoms with E-state index >= 15 is 0 Å². The summed E-state index contributed by atoms with van der Waals surface area (Å²) in [6, 6.07) is 4.93. The van der Waals surface area contributed by atoms with Gasteiger partial charge in [0, 0.05) is 25.8 Å². The average molecular weight is 417 g/mol. The fraction of sp³-hybridized carbons (Fsp3) is 0.467. The number of nitrogens with one attached hydrogen (secondary N) is 2. The van der Waals surface area contributed by atoms with Gasteiger partial charge in [-0.3, -0.25) is 4.72 Å². The SMILES string of the molecule is CC(NS(=O)(=O)c1ccc(NS(=O)(=O)N(C)C)cc1)c1nncn1C(C)C.